The minimum absolute atomic E-state index is 0.362. The molecule has 8 nitrogen and oxygen atoms in total. The van der Waals surface area contributed by atoms with Gasteiger partial charge in [-0.2, -0.15) is 0 Å². The van der Waals surface area contributed by atoms with Crippen LogP contribution in [0.3, 0.4) is 0 Å². The van der Waals surface area contributed by atoms with Gasteiger partial charge in [0.1, 0.15) is 6.54 Å². The highest BCUT2D eigenvalue weighted by atomic mass is 32.2. The monoisotopic (exact) mass is 445 g/mol. The topological polar surface area (TPSA) is 96.0 Å². The van der Waals surface area contributed by atoms with Crippen molar-refractivity contribution < 1.29 is 22.7 Å². The van der Waals surface area contributed by atoms with Crippen molar-refractivity contribution in [2.24, 2.45) is 0 Å². The zero-order valence-electron chi connectivity index (χ0n) is 17.8. The first-order valence-electron chi connectivity index (χ1n) is 9.55. The normalized spacial score (nSPS) is 11.3. The maximum Gasteiger partial charge on any atom is 0.321 e. The van der Waals surface area contributed by atoms with Gasteiger partial charge in [-0.3, -0.25) is 9.59 Å². The summed E-state index contributed by atoms with van der Waals surface area (Å²) in [6.07, 6.45) is 1.41. The fourth-order valence-corrected chi connectivity index (χ4v) is 3.26. The SMILES string of the molecule is CN(Cc1ccc(N(C)C)cc1)C(=O)COC(=O)CNS(=O)(=O)/C=C/c1ccccc1. The van der Waals surface area contributed by atoms with Crippen molar-refractivity contribution in [3.63, 3.8) is 0 Å². The molecule has 2 aromatic carbocycles. The second-order valence-corrected chi connectivity index (χ2v) is 8.70. The quantitative estimate of drug-likeness (QED) is 0.561. The number of benzene rings is 2. The number of amides is 1. The molecule has 0 aliphatic carbocycles. The first-order chi connectivity index (χ1) is 14.7. The van der Waals surface area contributed by atoms with Gasteiger partial charge in [0.2, 0.25) is 10.0 Å². The second-order valence-electron chi connectivity index (χ2n) is 7.05. The number of carbonyl (C=O) groups excluding carboxylic acids is 2. The van der Waals surface area contributed by atoms with Crippen molar-refractivity contribution in [1.82, 2.24) is 9.62 Å². The van der Waals surface area contributed by atoms with Crippen molar-refractivity contribution in [1.29, 1.82) is 0 Å². The zero-order valence-corrected chi connectivity index (χ0v) is 18.6. The van der Waals surface area contributed by atoms with Crippen LogP contribution in [-0.2, 0) is 30.9 Å². The molecule has 0 unspecified atom stereocenters. The number of anilines is 1. The molecule has 0 aliphatic rings. The molecule has 2 rings (SSSR count). The van der Waals surface area contributed by atoms with Gasteiger partial charge in [0.25, 0.3) is 5.91 Å². The lowest BCUT2D eigenvalue weighted by atomic mass is 10.2. The fraction of sp³-hybridized carbons (Fsp3) is 0.273. The smallest absolute Gasteiger partial charge is 0.321 e. The summed E-state index contributed by atoms with van der Waals surface area (Å²) < 4.78 is 30.9. The van der Waals surface area contributed by atoms with Crippen LogP contribution in [0.15, 0.2) is 60.0 Å². The molecule has 2 aromatic rings. The Morgan fingerprint density at radius 3 is 2.26 bits per heavy atom. The van der Waals surface area contributed by atoms with E-state index in [1.165, 1.54) is 11.0 Å². The third kappa shape index (κ3) is 8.61. The van der Waals surface area contributed by atoms with Crippen molar-refractivity contribution in [2.45, 2.75) is 6.54 Å². The summed E-state index contributed by atoms with van der Waals surface area (Å²) >= 11 is 0. The van der Waals surface area contributed by atoms with Crippen LogP contribution < -0.4 is 9.62 Å². The Hall–Kier alpha value is -3.17. The number of esters is 1. The molecule has 0 spiro atoms. The van der Waals surface area contributed by atoms with Crippen molar-refractivity contribution in [3.8, 4) is 0 Å². The van der Waals surface area contributed by atoms with E-state index in [0.717, 1.165) is 16.7 Å². The summed E-state index contributed by atoms with van der Waals surface area (Å²) in [5.74, 6) is -1.23. The number of rotatable bonds is 10. The zero-order chi connectivity index (χ0) is 22.9. The van der Waals surface area contributed by atoms with Gasteiger partial charge >= 0.3 is 5.97 Å². The number of nitrogens with zero attached hydrogens (tertiary/aromatic N) is 2. The van der Waals surface area contributed by atoms with E-state index in [0.29, 0.717) is 12.1 Å². The number of sulfonamides is 1. The van der Waals surface area contributed by atoms with Gasteiger partial charge in [-0.1, -0.05) is 42.5 Å². The van der Waals surface area contributed by atoms with Gasteiger partial charge in [-0.05, 0) is 29.3 Å². The average Bonchev–Trinajstić information content (AvgIpc) is 2.76. The van der Waals surface area contributed by atoms with Crippen LogP contribution in [0.5, 0.6) is 0 Å². The molecule has 166 valence electrons. The van der Waals surface area contributed by atoms with Crippen molar-refractivity contribution in [3.05, 3.63) is 71.1 Å². The number of nitrogens with one attached hydrogen (secondary N) is 1. The Balaban J connectivity index is 1.75. The minimum Gasteiger partial charge on any atom is -0.455 e. The van der Waals surface area contributed by atoms with Gasteiger partial charge in [0.05, 0.1) is 0 Å². The molecule has 31 heavy (non-hydrogen) atoms. The standard InChI is InChI=1S/C22H27N3O5S/c1-24(2)20-11-9-19(10-12-20)16-25(3)21(26)17-30-22(27)15-23-31(28,29)14-13-18-7-5-4-6-8-18/h4-14,23H,15-17H2,1-3H3/b14-13+. The highest BCUT2D eigenvalue weighted by Crippen LogP contribution is 2.13. The van der Waals surface area contributed by atoms with E-state index in [1.54, 1.807) is 31.3 Å². The Kier molecular flexibility index (Phi) is 8.77. The predicted molar refractivity (Wildman–Crippen MR) is 121 cm³/mol. The molecular weight excluding hydrogens is 418 g/mol. The van der Waals surface area contributed by atoms with Crippen LogP contribution in [0.25, 0.3) is 6.08 Å². The molecule has 0 saturated carbocycles. The molecule has 0 radical (unpaired) electrons. The van der Waals surface area contributed by atoms with E-state index < -0.39 is 35.1 Å². The Bertz CT molecular complexity index is 1000. The largest absolute Gasteiger partial charge is 0.455 e. The van der Waals surface area contributed by atoms with Crippen LogP contribution in [0.4, 0.5) is 5.69 Å². The molecule has 9 heteroatoms. The Morgan fingerprint density at radius 2 is 1.65 bits per heavy atom. The van der Waals surface area contributed by atoms with Gasteiger partial charge in [-0.15, -0.1) is 0 Å². The predicted octanol–water partition coefficient (Wildman–Crippen LogP) is 1.84. The van der Waals surface area contributed by atoms with E-state index in [9.17, 15) is 18.0 Å². The van der Waals surface area contributed by atoms with Crippen LogP contribution in [0.2, 0.25) is 0 Å². The van der Waals surface area contributed by atoms with Crippen molar-refractivity contribution >= 4 is 33.7 Å². The molecule has 0 atom stereocenters. The molecular formula is C22H27N3O5S. The minimum atomic E-state index is -3.81. The highest BCUT2D eigenvalue weighted by Gasteiger charge is 2.14. The number of hydrogen-bond donors (Lipinski definition) is 1. The highest BCUT2D eigenvalue weighted by molar-refractivity contribution is 7.92. The van der Waals surface area contributed by atoms with Crippen LogP contribution in [0.1, 0.15) is 11.1 Å². The molecule has 0 bridgehead atoms. The number of carbonyl (C=O) groups is 2. The average molecular weight is 446 g/mol. The van der Waals surface area contributed by atoms with Crippen LogP contribution in [-0.4, -0.2) is 59.5 Å². The van der Waals surface area contributed by atoms with E-state index in [-0.39, 0.29) is 0 Å². The van der Waals surface area contributed by atoms with Crippen LogP contribution in [0, 0.1) is 0 Å². The fourth-order valence-electron chi connectivity index (χ4n) is 2.50. The summed E-state index contributed by atoms with van der Waals surface area (Å²) in [5, 5.41) is 0.968. The Labute approximate surface area is 183 Å². The van der Waals surface area contributed by atoms with Gasteiger partial charge < -0.3 is 14.5 Å². The third-order valence-corrected chi connectivity index (χ3v) is 5.35. The summed E-state index contributed by atoms with van der Waals surface area (Å²) in [5.41, 5.74) is 2.69. The first kappa shape index (κ1) is 24.1. The maximum atomic E-state index is 12.2. The van der Waals surface area contributed by atoms with E-state index in [1.807, 2.05) is 49.3 Å². The number of likely N-dealkylation sites (N-methyl/N-ethyl adjacent to an activating group) is 1. The van der Waals surface area contributed by atoms with Crippen LogP contribution >= 0.6 is 0 Å². The summed E-state index contributed by atoms with van der Waals surface area (Å²) in [7, 11) is 1.68. The summed E-state index contributed by atoms with van der Waals surface area (Å²) in [6.45, 7) is -0.668. The molecule has 0 saturated heterocycles. The molecule has 0 fully saturated rings. The lowest BCUT2D eigenvalue weighted by Gasteiger charge is -2.18. The number of hydrogen-bond acceptors (Lipinski definition) is 6. The lowest BCUT2D eigenvalue weighted by molar-refractivity contribution is -0.150. The van der Waals surface area contributed by atoms with E-state index in [2.05, 4.69) is 4.72 Å². The molecule has 0 aromatic heterocycles. The molecule has 0 heterocycles. The number of ether oxygens (including phenoxy) is 1. The maximum absolute atomic E-state index is 12.2. The first-order valence-corrected chi connectivity index (χ1v) is 11.1. The molecule has 1 amide bonds. The summed E-state index contributed by atoms with van der Waals surface area (Å²) in [6, 6.07) is 16.6. The van der Waals surface area contributed by atoms with Gasteiger partial charge in [0, 0.05) is 38.8 Å². The van der Waals surface area contributed by atoms with Gasteiger partial charge in [0.15, 0.2) is 6.61 Å². The summed E-state index contributed by atoms with van der Waals surface area (Å²) in [4.78, 5) is 27.4. The van der Waals surface area contributed by atoms with E-state index >= 15 is 0 Å². The lowest BCUT2D eigenvalue weighted by Crippen LogP contribution is -2.34. The second kappa shape index (κ2) is 11.3. The van der Waals surface area contributed by atoms with E-state index in [4.69, 9.17) is 4.74 Å². The molecule has 1 N–H and O–H groups in total. The molecule has 0 aliphatic heterocycles. The Morgan fingerprint density at radius 1 is 1.00 bits per heavy atom. The van der Waals surface area contributed by atoms with Crippen molar-refractivity contribution in [2.75, 3.05) is 39.2 Å². The van der Waals surface area contributed by atoms with Gasteiger partial charge in [-0.25, -0.2) is 13.1 Å². The third-order valence-electron chi connectivity index (χ3n) is 4.31.